The first-order chi connectivity index (χ1) is 5.00. The van der Waals surface area contributed by atoms with Crippen molar-refractivity contribution in [2.45, 2.75) is 12.2 Å². The zero-order valence-electron chi connectivity index (χ0n) is 6.28. The summed E-state index contributed by atoms with van der Waals surface area (Å²) in [5, 5.41) is 2.42. The maximum absolute atomic E-state index is 12.0. The number of nitrogens with zero attached hydrogens (tertiary/aromatic N) is 1. The van der Waals surface area contributed by atoms with Crippen molar-refractivity contribution >= 4 is 0 Å². The van der Waals surface area contributed by atoms with Crippen LogP contribution in [0.15, 0.2) is 0 Å². The highest BCUT2D eigenvalue weighted by Crippen LogP contribution is 2.21. The van der Waals surface area contributed by atoms with E-state index in [2.05, 4.69) is 5.32 Å². The van der Waals surface area contributed by atoms with Crippen LogP contribution < -0.4 is 5.32 Å². The van der Waals surface area contributed by atoms with Crippen LogP contribution in [0.3, 0.4) is 0 Å². The van der Waals surface area contributed by atoms with E-state index in [1.807, 2.05) is 0 Å². The maximum atomic E-state index is 12.0. The molecule has 5 heteroatoms. The van der Waals surface area contributed by atoms with Gasteiger partial charge in [0.1, 0.15) is 6.04 Å². The van der Waals surface area contributed by atoms with E-state index in [4.69, 9.17) is 0 Å². The van der Waals surface area contributed by atoms with E-state index in [-0.39, 0.29) is 6.54 Å². The summed E-state index contributed by atoms with van der Waals surface area (Å²) in [5.74, 6) is 0. The molecule has 0 radical (unpaired) electrons. The molecule has 0 aromatic carbocycles. The van der Waals surface area contributed by atoms with Gasteiger partial charge in [0.15, 0.2) is 0 Å². The van der Waals surface area contributed by atoms with E-state index in [1.165, 1.54) is 0 Å². The Morgan fingerprint density at radius 3 is 2.45 bits per heavy atom. The quantitative estimate of drug-likeness (QED) is 0.565. The first-order valence-corrected chi connectivity index (χ1v) is 3.49. The van der Waals surface area contributed by atoms with Gasteiger partial charge in [0.05, 0.1) is 0 Å². The zero-order chi connectivity index (χ0) is 8.48. The molecule has 0 aliphatic carbocycles. The normalized spacial score (nSPS) is 28.9. The smallest absolute Gasteiger partial charge is 0.304 e. The van der Waals surface area contributed by atoms with Crippen LogP contribution in [0, 0.1) is 0 Å². The van der Waals surface area contributed by atoms with E-state index in [0.29, 0.717) is 13.1 Å². The molecule has 2 nitrogen and oxygen atoms in total. The summed E-state index contributed by atoms with van der Waals surface area (Å²) < 4.78 is 36.1. The number of hydrogen-bond donors (Lipinski definition) is 1. The lowest BCUT2D eigenvalue weighted by Gasteiger charge is -2.31. The highest BCUT2D eigenvalue weighted by Gasteiger charge is 2.41. The Morgan fingerprint density at radius 2 is 2.09 bits per heavy atom. The molecule has 1 heterocycles. The van der Waals surface area contributed by atoms with Crippen LogP contribution in [0.5, 0.6) is 0 Å². The molecule has 0 unspecified atom stereocenters. The number of hydrogen-bond acceptors (Lipinski definition) is 2. The van der Waals surface area contributed by atoms with Gasteiger partial charge >= 0.3 is 6.18 Å². The van der Waals surface area contributed by atoms with Crippen molar-refractivity contribution in [1.29, 1.82) is 0 Å². The minimum Gasteiger partial charge on any atom is -0.304 e. The number of likely N-dealkylation sites (N-methyl/N-ethyl adjacent to an activating group) is 1. The molecule has 0 bridgehead atoms. The number of piperazine rings is 1. The van der Waals surface area contributed by atoms with Crippen molar-refractivity contribution in [3.05, 3.63) is 0 Å². The third-order valence-electron chi connectivity index (χ3n) is 1.77. The Balaban J connectivity index is 2.46. The van der Waals surface area contributed by atoms with Crippen molar-refractivity contribution in [1.82, 2.24) is 10.2 Å². The second-order valence-electron chi connectivity index (χ2n) is 2.81. The van der Waals surface area contributed by atoms with E-state index in [1.54, 1.807) is 11.9 Å². The van der Waals surface area contributed by atoms with Crippen molar-refractivity contribution < 1.29 is 13.2 Å². The molecule has 1 aliphatic heterocycles. The first kappa shape index (κ1) is 8.80. The second-order valence-corrected chi connectivity index (χ2v) is 2.81. The van der Waals surface area contributed by atoms with E-state index in [0.717, 1.165) is 0 Å². The molecule has 0 aromatic rings. The fourth-order valence-electron chi connectivity index (χ4n) is 1.12. The number of halogens is 3. The molecule has 1 fully saturated rings. The fourth-order valence-corrected chi connectivity index (χ4v) is 1.12. The van der Waals surface area contributed by atoms with Crippen LogP contribution in [0.25, 0.3) is 0 Å². The van der Waals surface area contributed by atoms with Gasteiger partial charge in [-0.3, -0.25) is 0 Å². The topological polar surface area (TPSA) is 15.3 Å². The van der Waals surface area contributed by atoms with Crippen molar-refractivity contribution in [3.8, 4) is 0 Å². The summed E-state index contributed by atoms with van der Waals surface area (Å²) in [4.78, 5) is 1.68. The number of nitrogens with one attached hydrogen (secondary N) is 1. The summed E-state index contributed by atoms with van der Waals surface area (Å²) in [6.45, 7) is 1.16. The summed E-state index contributed by atoms with van der Waals surface area (Å²) >= 11 is 0. The Bertz CT molecular complexity index is 134. The highest BCUT2D eigenvalue weighted by molar-refractivity contribution is 4.82. The Morgan fingerprint density at radius 1 is 1.45 bits per heavy atom. The summed E-state index contributed by atoms with van der Waals surface area (Å²) in [6.07, 6.45) is -4.10. The van der Waals surface area contributed by atoms with Gasteiger partial charge in [-0.1, -0.05) is 0 Å². The van der Waals surface area contributed by atoms with Crippen LogP contribution in [-0.4, -0.2) is 43.8 Å². The second kappa shape index (κ2) is 2.98. The van der Waals surface area contributed by atoms with Gasteiger partial charge in [-0.15, -0.1) is 0 Å². The Hall–Kier alpha value is -0.290. The molecular formula is C6H11F3N2. The lowest BCUT2D eigenvalue weighted by Crippen LogP contribution is -2.55. The van der Waals surface area contributed by atoms with Gasteiger partial charge in [-0.2, -0.15) is 13.2 Å². The monoisotopic (exact) mass is 168 g/mol. The number of rotatable bonds is 0. The van der Waals surface area contributed by atoms with Crippen molar-refractivity contribution in [2.75, 3.05) is 26.7 Å². The van der Waals surface area contributed by atoms with Gasteiger partial charge < -0.3 is 10.2 Å². The van der Waals surface area contributed by atoms with Crippen LogP contribution >= 0.6 is 0 Å². The average molecular weight is 168 g/mol. The summed E-state index contributed by atoms with van der Waals surface area (Å²) in [5.41, 5.74) is 0. The fraction of sp³-hybridized carbons (Fsp3) is 1.00. The van der Waals surface area contributed by atoms with Crippen LogP contribution in [0.4, 0.5) is 13.2 Å². The molecule has 11 heavy (non-hydrogen) atoms. The van der Waals surface area contributed by atoms with Gasteiger partial charge in [0.2, 0.25) is 0 Å². The number of alkyl halides is 3. The predicted molar refractivity (Wildman–Crippen MR) is 35.3 cm³/mol. The third kappa shape index (κ3) is 2.34. The lowest BCUT2D eigenvalue weighted by atomic mass is 10.2. The summed E-state index contributed by atoms with van der Waals surface area (Å²) in [7, 11) is 1.69. The van der Waals surface area contributed by atoms with Gasteiger partial charge in [0.25, 0.3) is 0 Å². The minimum atomic E-state index is -4.10. The van der Waals surface area contributed by atoms with Crippen LogP contribution in [0.1, 0.15) is 0 Å². The maximum Gasteiger partial charge on any atom is 0.405 e. The molecule has 1 aliphatic rings. The molecule has 1 atom stereocenters. The minimum absolute atomic E-state index is 0.0590. The molecular weight excluding hydrogens is 157 g/mol. The third-order valence-corrected chi connectivity index (χ3v) is 1.77. The van der Waals surface area contributed by atoms with E-state index < -0.39 is 12.2 Å². The average Bonchev–Trinajstić information content (AvgIpc) is 1.86. The van der Waals surface area contributed by atoms with E-state index >= 15 is 0 Å². The molecule has 0 amide bonds. The van der Waals surface area contributed by atoms with Crippen molar-refractivity contribution in [2.24, 2.45) is 0 Å². The van der Waals surface area contributed by atoms with Gasteiger partial charge in [0, 0.05) is 19.6 Å². The molecule has 0 spiro atoms. The zero-order valence-corrected chi connectivity index (χ0v) is 6.28. The lowest BCUT2D eigenvalue weighted by molar-refractivity contribution is -0.163. The molecule has 0 saturated carbocycles. The first-order valence-electron chi connectivity index (χ1n) is 3.49. The molecule has 0 aromatic heterocycles. The standard InChI is InChI=1S/C6H11F3N2/c1-11-3-2-10-5(4-11)6(7,8)9/h5,10H,2-4H2,1H3/t5-/m1/s1. The molecule has 1 rings (SSSR count). The predicted octanol–water partition coefficient (Wildman–Crippen LogP) is 0.452. The molecule has 1 N–H and O–H groups in total. The van der Waals surface area contributed by atoms with Gasteiger partial charge in [-0.05, 0) is 7.05 Å². The van der Waals surface area contributed by atoms with Crippen LogP contribution in [0.2, 0.25) is 0 Å². The Labute approximate surface area is 63.4 Å². The van der Waals surface area contributed by atoms with Crippen LogP contribution in [-0.2, 0) is 0 Å². The Kier molecular flexibility index (Phi) is 2.39. The van der Waals surface area contributed by atoms with E-state index in [9.17, 15) is 13.2 Å². The SMILES string of the molecule is CN1CCN[C@@H](C(F)(F)F)C1. The molecule has 1 saturated heterocycles. The van der Waals surface area contributed by atoms with Gasteiger partial charge in [-0.25, -0.2) is 0 Å². The van der Waals surface area contributed by atoms with Crippen molar-refractivity contribution in [3.63, 3.8) is 0 Å². The largest absolute Gasteiger partial charge is 0.405 e. The summed E-state index contributed by atoms with van der Waals surface area (Å²) in [6, 6.07) is -1.35. The highest BCUT2D eigenvalue weighted by atomic mass is 19.4. The molecule has 66 valence electrons.